The maximum absolute atomic E-state index is 12.3. The number of benzene rings is 2. The van der Waals surface area contributed by atoms with Gasteiger partial charge in [0.05, 0.1) is 11.0 Å². The molecule has 7 heteroatoms. The zero-order chi connectivity index (χ0) is 17.0. The molecule has 0 aromatic heterocycles. The van der Waals surface area contributed by atoms with Crippen LogP contribution in [0.5, 0.6) is 11.5 Å². The Labute approximate surface area is 141 Å². The Morgan fingerprint density at radius 2 is 1.83 bits per heavy atom. The first-order valence-electron chi connectivity index (χ1n) is 7.66. The summed E-state index contributed by atoms with van der Waals surface area (Å²) in [7, 11) is -3.71. The molecule has 0 saturated heterocycles. The summed E-state index contributed by atoms with van der Waals surface area (Å²) in [5.74, 6) is 0.930. The van der Waals surface area contributed by atoms with E-state index in [4.69, 9.17) is 9.47 Å². The molecule has 0 saturated carbocycles. The maximum Gasteiger partial charge on any atom is 0.240 e. The van der Waals surface area contributed by atoms with Crippen molar-refractivity contribution in [3.05, 3.63) is 54.1 Å². The van der Waals surface area contributed by atoms with Gasteiger partial charge in [-0.1, -0.05) is 30.3 Å². The quantitative estimate of drug-likeness (QED) is 0.795. The van der Waals surface area contributed by atoms with Crippen molar-refractivity contribution >= 4 is 10.0 Å². The lowest BCUT2D eigenvalue weighted by atomic mass is 10.1. The van der Waals surface area contributed by atoms with Crippen molar-refractivity contribution in [3.8, 4) is 11.5 Å². The van der Waals surface area contributed by atoms with Crippen LogP contribution in [0.25, 0.3) is 0 Å². The van der Waals surface area contributed by atoms with E-state index >= 15 is 0 Å². The number of aryl methyl sites for hydroxylation is 1. The van der Waals surface area contributed by atoms with Gasteiger partial charge in [0.2, 0.25) is 16.8 Å². The summed E-state index contributed by atoms with van der Waals surface area (Å²) in [4.78, 5) is 0.0852. The lowest BCUT2D eigenvalue weighted by Gasteiger charge is -2.12. The molecule has 128 valence electrons. The molecule has 1 heterocycles. The van der Waals surface area contributed by atoms with Crippen LogP contribution in [-0.4, -0.2) is 33.0 Å². The van der Waals surface area contributed by atoms with Gasteiger partial charge in [-0.15, -0.1) is 0 Å². The minimum atomic E-state index is -3.71. The van der Waals surface area contributed by atoms with Crippen molar-refractivity contribution in [2.24, 2.45) is 0 Å². The first kappa shape index (κ1) is 16.8. The molecule has 0 radical (unpaired) electrons. The number of aliphatic hydroxyl groups excluding tert-OH is 1. The Morgan fingerprint density at radius 3 is 2.62 bits per heavy atom. The summed E-state index contributed by atoms with van der Waals surface area (Å²) in [5, 5.41) is 10.0. The molecule has 6 nitrogen and oxygen atoms in total. The van der Waals surface area contributed by atoms with E-state index in [1.165, 1.54) is 12.1 Å². The summed E-state index contributed by atoms with van der Waals surface area (Å²) < 4.78 is 37.4. The topological polar surface area (TPSA) is 84.9 Å². The predicted octanol–water partition coefficient (Wildman–Crippen LogP) is 1.69. The molecule has 2 aromatic carbocycles. The second-order valence-corrected chi connectivity index (χ2v) is 7.31. The lowest BCUT2D eigenvalue weighted by Crippen LogP contribution is -2.32. The van der Waals surface area contributed by atoms with Crippen LogP contribution < -0.4 is 14.2 Å². The zero-order valence-corrected chi connectivity index (χ0v) is 13.8. The number of aliphatic hydroxyl groups is 1. The molecule has 2 N–H and O–H groups in total. The largest absolute Gasteiger partial charge is 0.454 e. The van der Waals surface area contributed by atoms with Gasteiger partial charge in [-0.05, 0) is 30.5 Å². The fourth-order valence-corrected chi connectivity index (χ4v) is 3.50. The highest BCUT2D eigenvalue weighted by atomic mass is 32.2. The first-order valence-corrected chi connectivity index (χ1v) is 9.14. The van der Waals surface area contributed by atoms with Crippen LogP contribution in [0.4, 0.5) is 0 Å². The van der Waals surface area contributed by atoms with E-state index in [2.05, 4.69) is 4.72 Å². The number of rotatable bonds is 7. The van der Waals surface area contributed by atoms with Crippen molar-refractivity contribution < 1.29 is 23.0 Å². The maximum atomic E-state index is 12.3. The molecule has 0 unspecified atom stereocenters. The van der Waals surface area contributed by atoms with Gasteiger partial charge in [-0.3, -0.25) is 0 Å². The molecular weight excluding hydrogens is 330 g/mol. The summed E-state index contributed by atoms with van der Waals surface area (Å²) in [6, 6.07) is 14.2. The van der Waals surface area contributed by atoms with Gasteiger partial charge in [0.25, 0.3) is 0 Å². The monoisotopic (exact) mass is 349 g/mol. The molecule has 1 aliphatic rings. The highest BCUT2D eigenvalue weighted by Crippen LogP contribution is 2.33. The van der Waals surface area contributed by atoms with E-state index < -0.39 is 16.1 Å². The fourth-order valence-electron chi connectivity index (χ4n) is 2.41. The first-order chi connectivity index (χ1) is 11.5. The van der Waals surface area contributed by atoms with Crippen LogP contribution in [-0.2, 0) is 16.4 Å². The van der Waals surface area contributed by atoms with Crippen molar-refractivity contribution in [2.45, 2.75) is 23.8 Å². The summed E-state index contributed by atoms with van der Waals surface area (Å²) >= 11 is 0. The number of fused-ring (bicyclic) bond motifs is 1. The van der Waals surface area contributed by atoms with Gasteiger partial charge in [-0.25, -0.2) is 13.1 Å². The smallest absolute Gasteiger partial charge is 0.240 e. The Bertz CT molecular complexity index is 792. The fraction of sp³-hybridized carbons (Fsp3) is 0.294. The average Bonchev–Trinajstić information content (AvgIpc) is 3.07. The van der Waals surface area contributed by atoms with Crippen LogP contribution in [0.2, 0.25) is 0 Å². The van der Waals surface area contributed by atoms with Crippen LogP contribution in [0, 0.1) is 0 Å². The minimum absolute atomic E-state index is 0.0381. The van der Waals surface area contributed by atoms with E-state index in [1.54, 1.807) is 6.07 Å². The molecule has 1 atom stereocenters. The normalized spacial score (nSPS) is 14.5. The zero-order valence-electron chi connectivity index (χ0n) is 13.0. The Kier molecular flexibility index (Phi) is 5.03. The van der Waals surface area contributed by atoms with Gasteiger partial charge in [0.1, 0.15) is 0 Å². The Balaban J connectivity index is 1.55. The van der Waals surface area contributed by atoms with Crippen molar-refractivity contribution in [3.63, 3.8) is 0 Å². The molecular formula is C17H19NO5S. The van der Waals surface area contributed by atoms with E-state index in [1.807, 2.05) is 30.3 Å². The molecule has 0 fully saturated rings. The highest BCUT2D eigenvalue weighted by Gasteiger charge is 2.20. The minimum Gasteiger partial charge on any atom is -0.454 e. The number of hydrogen-bond acceptors (Lipinski definition) is 5. The molecule has 0 bridgehead atoms. The van der Waals surface area contributed by atoms with Gasteiger partial charge < -0.3 is 14.6 Å². The van der Waals surface area contributed by atoms with Crippen LogP contribution >= 0.6 is 0 Å². The van der Waals surface area contributed by atoms with Gasteiger partial charge in [0.15, 0.2) is 11.5 Å². The highest BCUT2D eigenvalue weighted by molar-refractivity contribution is 7.89. The predicted molar refractivity (Wildman–Crippen MR) is 88.5 cm³/mol. The Morgan fingerprint density at radius 1 is 1.08 bits per heavy atom. The van der Waals surface area contributed by atoms with Crippen molar-refractivity contribution in [1.82, 2.24) is 4.72 Å². The van der Waals surface area contributed by atoms with E-state index in [-0.39, 0.29) is 18.2 Å². The third-order valence-corrected chi connectivity index (χ3v) is 5.19. The third kappa shape index (κ3) is 4.05. The molecule has 0 aliphatic carbocycles. The second-order valence-electron chi connectivity index (χ2n) is 5.55. The molecule has 0 amide bonds. The number of sulfonamides is 1. The molecule has 2 aromatic rings. The molecule has 0 spiro atoms. The molecule has 24 heavy (non-hydrogen) atoms. The SMILES string of the molecule is O=S(=O)(NC[C@@H](O)CCc1ccccc1)c1ccc2c(c1)OCO2. The third-order valence-electron chi connectivity index (χ3n) is 3.77. The lowest BCUT2D eigenvalue weighted by molar-refractivity contribution is 0.168. The standard InChI is InChI=1S/C17H19NO5S/c19-14(7-6-13-4-2-1-3-5-13)11-18-24(20,21)15-8-9-16-17(10-15)23-12-22-16/h1-5,8-10,14,18-19H,6-7,11-12H2/t14-/m0/s1. The number of hydrogen-bond donors (Lipinski definition) is 2. The van der Waals surface area contributed by atoms with Crippen molar-refractivity contribution in [2.75, 3.05) is 13.3 Å². The van der Waals surface area contributed by atoms with Gasteiger partial charge in [0, 0.05) is 12.6 Å². The van der Waals surface area contributed by atoms with E-state index in [9.17, 15) is 13.5 Å². The van der Waals surface area contributed by atoms with E-state index in [0.717, 1.165) is 5.56 Å². The van der Waals surface area contributed by atoms with Crippen LogP contribution in [0.15, 0.2) is 53.4 Å². The molecule has 1 aliphatic heterocycles. The van der Waals surface area contributed by atoms with Gasteiger partial charge in [-0.2, -0.15) is 0 Å². The van der Waals surface area contributed by atoms with Crippen molar-refractivity contribution in [1.29, 1.82) is 0 Å². The Hall–Kier alpha value is -2.09. The van der Waals surface area contributed by atoms with Crippen LogP contribution in [0.3, 0.4) is 0 Å². The second kappa shape index (κ2) is 7.21. The average molecular weight is 349 g/mol. The molecule has 3 rings (SSSR count). The van der Waals surface area contributed by atoms with Gasteiger partial charge >= 0.3 is 0 Å². The summed E-state index contributed by atoms with van der Waals surface area (Å²) in [6.45, 7) is 0.0497. The number of nitrogens with one attached hydrogen (secondary N) is 1. The number of ether oxygens (including phenoxy) is 2. The summed E-state index contributed by atoms with van der Waals surface area (Å²) in [6.07, 6.45) is 0.413. The summed E-state index contributed by atoms with van der Waals surface area (Å²) in [5.41, 5.74) is 1.11. The van der Waals surface area contributed by atoms with Crippen LogP contribution in [0.1, 0.15) is 12.0 Å². The van der Waals surface area contributed by atoms with E-state index in [0.29, 0.717) is 24.3 Å².